The molecule has 1 unspecified atom stereocenters. The van der Waals surface area contributed by atoms with Gasteiger partial charge in [0.05, 0.1) is 21.6 Å². The van der Waals surface area contributed by atoms with Gasteiger partial charge in [-0.15, -0.1) is 0 Å². The number of carbonyl (C=O) groups excluding carboxylic acids is 1. The summed E-state index contributed by atoms with van der Waals surface area (Å²) < 4.78 is 23.2. The predicted octanol–water partition coefficient (Wildman–Crippen LogP) is 1.70. The number of carbonyl (C=O) groups is 1. The van der Waals surface area contributed by atoms with Crippen LogP contribution in [0.1, 0.15) is 23.2 Å². The van der Waals surface area contributed by atoms with Crippen LogP contribution in [0.3, 0.4) is 0 Å². The summed E-state index contributed by atoms with van der Waals surface area (Å²) >= 11 is 11.5. The lowest BCUT2D eigenvalue weighted by atomic mass is 10.2. The van der Waals surface area contributed by atoms with Gasteiger partial charge in [-0.2, -0.15) is 0 Å². The summed E-state index contributed by atoms with van der Waals surface area (Å²) in [4.78, 5) is 15.6. The molecule has 2 rings (SSSR count). The molecular weight excluding hydrogens is 311 g/mol. The lowest BCUT2D eigenvalue weighted by Gasteiger charge is -2.11. The highest BCUT2D eigenvalue weighted by atomic mass is 35.5. The van der Waals surface area contributed by atoms with Crippen LogP contribution in [0.4, 0.5) is 0 Å². The third-order valence-corrected chi connectivity index (χ3v) is 5.80. The Morgan fingerprint density at radius 1 is 1.47 bits per heavy atom. The molecule has 0 spiro atoms. The Labute approximate surface area is 121 Å². The van der Waals surface area contributed by atoms with Crippen LogP contribution >= 0.6 is 23.2 Å². The number of hydrogen-bond donors (Lipinski definition) is 1. The Balaban J connectivity index is 2.04. The molecule has 1 atom stereocenters. The van der Waals surface area contributed by atoms with Crippen LogP contribution in [-0.4, -0.2) is 36.9 Å². The first kappa shape index (κ1) is 14.6. The second-order valence-corrected chi connectivity index (χ2v) is 7.52. The fourth-order valence-corrected chi connectivity index (χ4v) is 4.09. The molecule has 0 aliphatic carbocycles. The minimum absolute atomic E-state index is 0.0947. The topological polar surface area (TPSA) is 76.1 Å². The molecule has 0 bridgehead atoms. The van der Waals surface area contributed by atoms with Crippen LogP contribution in [-0.2, 0) is 9.84 Å². The smallest absolute Gasteiger partial charge is 0.253 e. The minimum Gasteiger partial charge on any atom is -0.351 e. The number of sulfone groups is 1. The predicted molar refractivity (Wildman–Crippen MR) is 73.4 cm³/mol. The van der Waals surface area contributed by atoms with Crippen molar-refractivity contribution in [2.45, 2.75) is 18.1 Å². The molecule has 2 heterocycles. The number of nitrogens with one attached hydrogen (secondary N) is 1. The number of rotatable bonds is 3. The highest BCUT2D eigenvalue weighted by Gasteiger charge is 2.31. The number of hydrogen-bond acceptors (Lipinski definition) is 4. The summed E-state index contributed by atoms with van der Waals surface area (Å²) in [6, 6.07) is 1.35. The molecule has 19 heavy (non-hydrogen) atoms. The second-order valence-electron chi connectivity index (χ2n) is 4.33. The van der Waals surface area contributed by atoms with Crippen molar-refractivity contribution in [2.75, 3.05) is 12.3 Å². The summed E-state index contributed by atoms with van der Waals surface area (Å²) in [5.41, 5.74) is 0.192. The number of amides is 1. The van der Waals surface area contributed by atoms with Crippen molar-refractivity contribution >= 4 is 38.9 Å². The largest absolute Gasteiger partial charge is 0.351 e. The Hall–Kier alpha value is -0.850. The van der Waals surface area contributed by atoms with Gasteiger partial charge in [-0.1, -0.05) is 23.2 Å². The van der Waals surface area contributed by atoms with Crippen molar-refractivity contribution in [1.82, 2.24) is 10.3 Å². The normalized spacial score (nSPS) is 21.3. The Morgan fingerprint density at radius 2 is 2.21 bits per heavy atom. The minimum atomic E-state index is -3.07. The van der Waals surface area contributed by atoms with Crippen molar-refractivity contribution in [1.29, 1.82) is 0 Å². The Bertz CT molecular complexity index is 604. The molecule has 1 aliphatic rings. The van der Waals surface area contributed by atoms with Gasteiger partial charge in [0.15, 0.2) is 9.84 Å². The van der Waals surface area contributed by atoms with E-state index in [0.717, 1.165) is 0 Å². The fourth-order valence-electron chi connectivity index (χ4n) is 1.98. The zero-order chi connectivity index (χ0) is 14.0. The number of pyridine rings is 1. The van der Waals surface area contributed by atoms with Crippen LogP contribution in [0.2, 0.25) is 10.2 Å². The lowest BCUT2D eigenvalue weighted by molar-refractivity contribution is 0.0953. The molecule has 0 saturated carbocycles. The zero-order valence-corrected chi connectivity index (χ0v) is 12.2. The SMILES string of the molecule is O=C(NCC1CCCS1(=O)=O)c1cc(Cl)ncc1Cl. The molecule has 1 aliphatic heterocycles. The molecule has 104 valence electrons. The average Bonchev–Trinajstić information content (AvgIpc) is 2.68. The first-order chi connectivity index (χ1) is 8.90. The van der Waals surface area contributed by atoms with Crippen molar-refractivity contribution in [3.05, 3.63) is 28.0 Å². The molecule has 8 heteroatoms. The Kier molecular flexibility index (Phi) is 4.32. The highest BCUT2D eigenvalue weighted by molar-refractivity contribution is 7.92. The maximum atomic E-state index is 11.9. The third kappa shape index (κ3) is 3.38. The zero-order valence-electron chi connectivity index (χ0n) is 9.90. The molecule has 1 aromatic heterocycles. The molecule has 1 aromatic rings. The standard InChI is InChI=1S/C11H12Cl2N2O3S/c12-9-6-14-10(13)4-8(9)11(16)15-5-7-2-1-3-19(7,17)18/h4,6-7H,1-3,5H2,(H,15,16). The van der Waals surface area contributed by atoms with Crippen molar-refractivity contribution < 1.29 is 13.2 Å². The molecule has 1 fully saturated rings. The summed E-state index contributed by atoms with van der Waals surface area (Å²) in [5.74, 6) is -0.258. The van der Waals surface area contributed by atoms with Gasteiger partial charge in [-0.05, 0) is 18.9 Å². The third-order valence-electron chi connectivity index (χ3n) is 3.02. The summed E-state index contributed by atoms with van der Waals surface area (Å²) in [5, 5.41) is 2.40. The van der Waals surface area contributed by atoms with Gasteiger partial charge >= 0.3 is 0 Å². The Morgan fingerprint density at radius 3 is 2.84 bits per heavy atom. The highest BCUT2D eigenvalue weighted by Crippen LogP contribution is 2.20. The fraction of sp³-hybridized carbons (Fsp3) is 0.455. The van der Waals surface area contributed by atoms with Crippen molar-refractivity contribution in [2.24, 2.45) is 0 Å². The summed E-state index contributed by atoms with van der Waals surface area (Å²) in [6.45, 7) is 0.0947. The van der Waals surface area contributed by atoms with E-state index >= 15 is 0 Å². The molecule has 0 radical (unpaired) electrons. The van der Waals surface area contributed by atoms with Gasteiger partial charge in [0.2, 0.25) is 0 Å². The number of halogens is 2. The number of aromatic nitrogens is 1. The van der Waals surface area contributed by atoms with Gasteiger partial charge in [0, 0.05) is 12.7 Å². The molecule has 0 aromatic carbocycles. The van der Waals surface area contributed by atoms with Gasteiger partial charge < -0.3 is 5.32 Å². The van der Waals surface area contributed by atoms with Gasteiger partial charge in [-0.25, -0.2) is 13.4 Å². The molecule has 1 saturated heterocycles. The van der Waals surface area contributed by atoms with Crippen molar-refractivity contribution in [3.8, 4) is 0 Å². The van der Waals surface area contributed by atoms with Gasteiger partial charge in [0.25, 0.3) is 5.91 Å². The van der Waals surface area contributed by atoms with E-state index in [1.54, 1.807) is 0 Å². The van der Waals surface area contributed by atoms with E-state index in [4.69, 9.17) is 23.2 Å². The first-order valence-electron chi connectivity index (χ1n) is 5.71. The summed E-state index contributed by atoms with van der Waals surface area (Å²) in [6.07, 6.45) is 2.50. The van der Waals surface area contributed by atoms with Crippen LogP contribution < -0.4 is 5.32 Å². The van der Waals surface area contributed by atoms with E-state index in [2.05, 4.69) is 10.3 Å². The van der Waals surface area contributed by atoms with E-state index in [1.807, 2.05) is 0 Å². The van der Waals surface area contributed by atoms with E-state index in [0.29, 0.717) is 12.8 Å². The molecule has 1 N–H and O–H groups in total. The van der Waals surface area contributed by atoms with E-state index in [-0.39, 0.29) is 28.0 Å². The van der Waals surface area contributed by atoms with E-state index in [1.165, 1.54) is 12.3 Å². The van der Waals surface area contributed by atoms with Gasteiger partial charge in [-0.3, -0.25) is 4.79 Å². The van der Waals surface area contributed by atoms with E-state index in [9.17, 15) is 13.2 Å². The van der Waals surface area contributed by atoms with Gasteiger partial charge in [0.1, 0.15) is 5.15 Å². The van der Waals surface area contributed by atoms with Crippen molar-refractivity contribution in [3.63, 3.8) is 0 Å². The molecular formula is C11H12Cl2N2O3S. The lowest BCUT2D eigenvalue weighted by Crippen LogP contribution is -2.34. The maximum absolute atomic E-state index is 11.9. The van der Waals surface area contributed by atoms with Crippen LogP contribution in [0.5, 0.6) is 0 Å². The van der Waals surface area contributed by atoms with Crippen LogP contribution in [0, 0.1) is 0 Å². The van der Waals surface area contributed by atoms with Crippen LogP contribution in [0.15, 0.2) is 12.3 Å². The quantitative estimate of drug-likeness (QED) is 0.859. The summed E-state index contributed by atoms with van der Waals surface area (Å²) in [7, 11) is -3.07. The van der Waals surface area contributed by atoms with E-state index < -0.39 is 21.0 Å². The second kappa shape index (κ2) is 5.64. The average molecular weight is 323 g/mol. The maximum Gasteiger partial charge on any atom is 0.253 e. The molecule has 5 nitrogen and oxygen atoms in total. The molecule has 1 amide bonds. The first-order valence-corrected chi connectivity index (χ1v) is 8.18. The monoisotopic (exact) mass is 322 g/mol. The number of nitrogens with zero attached hydrogens (tertiary/aromatic N) is 1. The van der Waals surface area contributed by atoms with Crippen LogP contribution in [0.25, 0.3) is 0 Å².